The first-order valence-corrected chi connectivity index (χ1v) is 10.1. The number of aromatic nitrogens is 1. The zero-order valence-electron chi connectivity index (χ0n) is 14.8. The predicted molar refractivity (Wildman–Crippen MR) is 97.1 cm³/mol. The SMILES string of the molecule is Cc1nc(CCNC(=O)[C@H]2CCCN(C3CCCC3)C2)sc1C(=O)O. The lowest BCUT2D eigenvalue weighted by Gasteiger charge is -2.36. The van der Waals surface area contributed by atoms with Crippen LogP contribution in [0.3, 0.4) is 0 Å². The van der Waals surface area contributed by atoms with Gasteiger partial charge in [0.05, 0.1) is 16.6 Å². The van der Waals surface area contributed by atoms with E-state index in [0.29, 0.717) is 29.6 Å². The Labute approximate surface area is 152 Å². The van der Waals surface area contributed by atoms with E-state index in [1.54, 1.807) is 6.92 Å². The van der Waals surface area contributed by atoms with Crippen molar-refractivity contribution in [3.63, 3.8) is 0 Å². The molecule has 2 aliphatic rings. The number of nitrogens with one attached hydrogen (secondary N) is 1. The minimum atomic E-state index is -0.931. The second kappa shape index (κ2) is 8.27. The van der Waals surface area contributed by atoms with E-state index in [0.717, 1.165) is 30.9 Å². The van der Waals surface area contributed by atoms with Gasteiger partial charge in [0.2, 0.25) is 5.91 Å². The number of carboxylic acid groups (broad SMARTS) is 1. The van der Waals surface area contributed by atoms with Gasteiger partial charge >= 0.3 is 5.97 Å². The molecule has 0 unspecified atom stereocenters. The number of carbonyl (C=O) groups excluding carboxylic acids is 1. The molecule has 0 spiro atoms. The molecule has 6 nitrogen and oxygen atoms in total. The van der Waals surface area contributed by atoms with Crippen LogP contribution in [0.5, 0.6) is 0 Å². The summed E-state index contributed by atoms with van der Waals surface area (Å²) in [6.45, 7) is 4.24. The minimum absolute atomic E-state index is 0.0851. The number of hydrogen-bond donors (Lipinski definition) is 2. The van der Waals surface area contributed by atoms with Crippen LogP contribution in [0.15, 0.2) is 0 Å². The molecule has 3 rings (SSSR count). The van der Waals surface area contributed by atoms with E-state index in [1.165, 1.54) is 37.0 Å². The highest BCUT2D eigenvalue weighted by Crippen LogP contribution is 2.28. The van der Waals surface area contributed by atoms with Gasteiger partial charge in [0, 0.05) is 25.6 Å². The summed E-state index contributed by atoms with van der Waals surface area (Å²) in [5, 5.41) is 12.9. The topological polar surface area (TPSA) is 82.5 Å². The van der Waals surface area contributed by atoms with Crippen LogP contribution in [0.1, 0.15) is 58.9 Å². The largest absolute Gasteiger partial charge is 0.477 e. The van der Waals surface area contributed by atoms with Gasteiger partial charge in [-0.15, -0.1) is 11.3 Å². The van der Waals surface area contributed by atoms with Crippen molar-refractivity contribution < 1.29 is 14.7 Å². The van der Waals surface area contributed by atoms with Crippen molar-refractivity contribution in [3.05, 3.63) is 15.6 Å². The van der Waals surface area contributed by atoms with Crippen LogP contribution in [-0.2, 0) is 11.2 Å². The van der Waals surface area contributed by atoms with Crippen molar-refractivity contribution in [2.24, 2.45) is 5.92 Å². The standard InChI is InChI=1S/C18H27N3O3S/c1-12-16(18(23)24)25-15(20-12)8-9-19-17(22)13-5-4-10-21(11-13)14-6-2-3-7-14/h13-14H,2-11H2,1H3,(H,19,22)(H,23,24)/t13-/m0/s1. The fourth-order valence-corrected chi connectivity index (χ4v) is 4.92. The molecule has 1 amide bonds. The number of carbonyl (C=O) groups is 2. The van der Waals surface area contributed by atoms with Gasteiger partial charge in [-0.25, -0.2) is 9.78 Å². The first-order valence-electron chi connectivity index (χ1n) is 9.26. The third-order valence-corrected chi connectivity index (χ3v) is 6.54. The van der Waals surface area contributed by atoms with Crippen molar-refractivity contribution in [1.82, 2.24) is 15.2 Å². The van der Waals surface area contributed by atoms with Crippen LogP contribution in [0.25, 0.3) is 0 Å². The summed E-state index contributed by atoms with van der Waals surface area (Å²) in [5.41, 5.74) is 0.554. The van der Waals surface area contributed by atoms with Gasteiger partial charge < -0.3 is 10.4 Å². The van der Waals surface area contributed by atoms with Crippen LogP contribution in [0, 0.1) is 12.8 Å². The van der Waals surface area contributed by atoms with E-state index in [1.807, 2.05) is 0 Å². The molecule has 1 aromatic heterocycles. The average Bonchev–Trinajstić information content (AvgIpc) is 3.24. The van der Waals surface area contributed by atoms with Gasteiger partial charge in [0.25, 0.3) is 0 Å². The van der Waals surface area contributed by atoms with Gasteiger partial charge in [-0.3, -0.25) is 9.69 Å². The summed E-state index contributed by atoms with van der Waals surface area (Å²) >= 11 is 1.20. The number of piperidine rings is 1. The van der Waals surface area contributed by atoms with Crippen LogP contribution in [0.2, 0.25) is 0 Å². The molecule has 1 aromatic rings. The Kier molecular flexibility index (Phi) is 6.06. The highest BCUT2D eigenvalue weighted by molar-refractivity contribution is 7.13. The van der Waals surface area contributed by atoms with E-state index >= 15 is 0 Å². The first kappa shape index (κ1) is 18.3. The van der Waals surface area contributed by atoms with Gasteiger partial charge in [0.15, 0.2) is 0 Å². The number of likely N-dealkylation sites (tertiary alicyclic amines) is 1. The Morgan fingerprint density at radius 2 is 2.04 bits per heavy atom. The maximum atomic E-state index is 12.5. The molecule has 1 saturated carbocycles. The molecule has 1 saturated heterocycles. The van der Waals surface area contributed by atoms with E-state index in [-0.39, 0.29) is 11.8 Å². The number of nitrogens with zero attached hydrogens (tertiary/aromatic N) is 2. The molecule has 1 aliphatic carbocycles. The fraction of sp³-hybridized carbons (Fsp3) is 0.722. The third kappa shape index (κ3) is 4.58. The number of hydrogen-bond acceptors (Lipinski definition) is 5. The molecular weight excluding hydrogens is 338 g/mol. The quantitative estimate of drug-likeness (QED) is 0.809. The monoisotopic (exact) mass is 365 g/mol. The summed E-state index contributed by atoms with van der Waals surface area (Å²) in [6, 6.07) is 0.684. The van der Waals surface area contributed by atoms with Gasteiger partial charge in [0.1, 0.15) is 4.88 Å². The number of thiazole rings is 1. The van der Waals surface area contributed by atoms with E-state index < -0.39 is 5.97 Å². The Balaban J connectivity index is 1.45. The number of rotatable bonds is 6. The highest BCUT2D eigenvalue weighted by atomic mass is 32.1. The lowest BCUT2D eigenvalue weighted by molar-refractivity contribution is -0.127. The minimum Gasteiger partial charge on any atom is -0.477 e. The molecule has 1 atom stereocenters. The molecule has 0 aromatic carbocycles. The normalized spacial score (nSPS) is 22.2. The van der Waals surface area contributed by atoms with Crippen molar-refractivity contribution >= 4 is 23.2 Å². The fourth-order valence-electron chi connectivity index (χ4n) is 4.02. The van der Waals surface area contributed by atoms with Crippen LogP contribution < -0.4 is 5.32 Å². The summed E-state index contributed by atoms with van der Waals surface area (Å²) in [6.07, 6.45) is 7.86. The Bertz CT molecular complexity index is 625. The van der Waals surface area contributed by atoms with Crippen molar-refractivity contribution in [3.8, 4) is 0 Å². The van der Waals surface area contributed by atoms with Crippen LogP contribution in [0.4, 0.5) is 0 Å². The number of aromatic carboxylic acids is 1. The molecule has 2 fully saturated rings. The number of aryl methyl sites for hydroxylation is 1. The van der Waals surface area contributed by atoms with Gasteiger partial charge in [-0.05, 0) is 39.2 Å². The van der Waals surface area contributed by atoms with Gasteiger partial charge in [-0.1, -0.05) is 12.8 Å². The number of carboxylic acids is 1. The second-order valence-electron chi connectivity index (χ2n) is 7.14. The van der Waals surface area contributed by atoms with Gasteiger partial charge in [-0.2, -0.15) is 0 Å². The van der Waals surface area contributed by atoms with E-state index in [4.69, 9.17) is 5.11 Å². The zero-order valence-corrected chi connectivity index (χ0v) is 15.6. The van der Waals surface area contributed by atoms with E-state index in [2.05, 4.69) is 15.2 Å². The van der Waals surface area contributed by atoms with Crippen molar-refractivity contribution in [1.29, 1.82) is 0 Å². The smallest absolute Gasteiger partial charge is 0.347 e. The summed E-state index contributed by atoms with van der Waals surface area (Å²) < 4.78 is 0. The molecular formula is C18H27N3O3S. The summed E-state index contributed by atoms with van der Waals surface area (Å²) in [7, 11) is 0. The first-order chi connectivity index (χ1) is 12.0. The van der Waals surface area contributed by atoms with Crippen LogP contribution in [-0.4, -0.2) is 52.5 Å². The van der Waals surface area contributed by atoms with Crippen LogP contribution >= 0.6 is 11.3 Å². The summed E-state index contributed by atoms with van der Waals surface area (Å²) in [4.78, 5) is 30.6. The average molecular weight is 365 g/mol. The van der Waals surface area contributed by atoms with Crippen molar-refractivity contribution in [2.45, 2.75) is 57.9 Å². The van der Waals surface area contributed by atoms with Crippen molar-refractivity contribution in [2.75, 3.05) is 19.6 Å². The predicted octanol–water partition coefficient (Wildman–Crippen LogP) is 2.46. The lowest BCUT2D eigenvalue weighted by Crippen LogP contribution is -2.46. The summed E-state index contributed by atoms with van der Waals surface area (Å²) in [5.74, 6) is -0.712. The highest BCUT2D eigenvalue weighted by Gasteiger charge is 2.30. The third-order valence-electron chi connectivity index (χ3n) is 5.34. The lowest BCUT2D eigenvalue weighted by atomic mass is 9.95. The molecule has 2 heterocycles. The molecule has 2 N–H and O–H groups in total. The zero-order chi connectivity index (χ0) is 17.8. The molecule has 0 bridgehead atoms. The molecule has 0 radical (unpaired) electrons. The Morgan fingerprint density at radius 1 is 1.28 bits per heavy atom. The second-order valence-corrected chi connectivity index (χ2v) is 8.22. The Hall–Kier alpha value is -1.47. The Morgan fingerprint density at radius 3 is 2.72 bits per heavy atom. The molecule has 25 heavy (non-hydrogen) atoms. The maximum absolute atomic E-state index is 12.5. The molecule has 7 heteroatoms. The molecule has 1 aliphatic heterocycles. The number of amides is 1. The van der Waals surface area contributed by atoms with E-state index in [9.17, 15) is 9.59 Å². The molecule has 138 valence electrons. The maximum Gasteiger partial charge on any atom is 0.347 e.